The van der Waals surface area contributed by atoms with Crippen LogP contribution in [-0.2, 0) is 11.3 Å². The topological polar surface area (TPSA) is 113 Å². The molecule has 0 aromatic carbocycles. The van der Waals surface area contributed by atoms with E-state index in [0.717, 1.165) is 61.9 Å². The smallest absolute Gasteiger partial charge is 0.290 e. The van der Waals surface area contributed by atoms with Crippen LogP contribution in [0.1, 0.15) is 24.1 Å². The summed E-state index contributed by atoms with van der Waals surface area (Å²) in [7, 11) is 0. The number of nitrogens with zero attached hydrogens (tertiary/aromatic N) is 5. The third kappa shape index (κ3) is 6.33. The van der Waals surface area contributed by atoms with E-state index in [-0.39, 0.29) is 5.24 Å². The molecule has 190 valence electrons. The Kier molecular flexibility index (Phi) is 7.47. The molecule has 0 spiro atoms. The normalized spacial score (nSPS) is 17.5. The molecule has 0 radical (unpaired) electrons. The number of rotatable bonds is 7. The van der Waals surface area contributed by atoms with Gasteiger partial charge < -0.3 is 10.2 Å². The second-order valence-corrected chi connectivity index (χ2v) is 9.76. The number of nitrogens with one attached hydrogen (secondary N) is 2. The van der Waals surface area contributed by atoms with E-state index in [2.05, 4.69) is 35.5 Å². The van der Waals surface area contributed by atoms with Crippen molar-refractivity contribution in [2.75, 3.05) is 24.5 Å². The standard InChI is InChI=1S/C25H23F2N7O2S/c26-21-10-17(11-22(27)32-21)19-9-16(1-5-29-19)14-28-13-15-3-7-34(8-4-15)24-30-6-2-18(31-24)12-20-23(35)33-25(36)37-20/h1-2,5-6,9-12,15,28H,3-4,7-8,13-14H2,(H,33,35,36). The van der Waals surface area contributed by atoms with Gasteiger partial charge in [-0.3, -0.25) is 19.9 Å². The maximum Gasteiger partial charge on any atom is 0.290 e. The molecule has 5 heterocycles. The van der Waals surface area contributed by atoms with Crippen molar-refractivity contribution in [3.63, 3.8) is 0 Å². The number of piperidine rings is 1. The molecule has 2 aliphatic rings. The molecule has 9 nitrogen and oxygen atoms in total. The maximum absolute atomic E-state index is 13.5. The van der Waals surface area contributed by atoms with Crippen LogP contribution in [0.2, 0.25) is 0 Å². The highest BCUT2D eigenvalue weighted by Crippen LogP contribution is 2.26. The lowest BCUT2D eigenvalue weighted by Crippen LogP contribution is -2.38. The van der Waals surface area contributed by atoms with Crippen LogP contribution in [0.15, 0.2) is 47.6 Å². The highest BCUT2D eigenvalue weighted by atomic mass is 32.2. The van der Waals surface area contributed by atoms with Crippen molar-refractivity contribution < 1.29 is 18.4 Å². The predicted octanol–water partition coefficient (Wildman–Crippen LogP) is 3.54. The number of imide groups is 1. The van der Waals surface area contributed by atoms with Gasteiger partial charge in [0.1, 0.15) is 0 Å². The minimum atomic E-state index is -0.877. The highest BCUT2D eigenvalue weighted by molar-refractivity contribution is 8.18. The first-order valence-electron chi connectivity index (χ1n) is 11.7. The van der Waals surface area contributed by atoms with Crippen molar-refractivity contribution in [2.24, 2.45) is 5.92 Å². The third-order valence-corrected chi connectivity index (χ3v) is 6.94. The van der Waals surface area contributed by atoms with E-state index in [4.69, 9.17) is 0 Å². The molecule has 0 bridgehead atoms. The Morgan fingerprint density at radius 2 is 1.81 bits per heavy atom. The van der Waals surface area contributed by atoms with Crippen molar-refractivity contribution in [1.82, 2.24) is 30.6 Å². The first kappa shape index (κ1) is 24.9. The molecule has 5 rings (SSSR count). The van der Waals surface area contributed by atoms with E-state index >= 15 is 0 Å². The molecule has 37 heavy (non-hydrogen) atoms. The summed E-state index contributed by atoms with van der Waals surface area (Å²) in [4.78, 5) is 41.9. The maximum atomic E-state index is 13.5. The van der Waals surface area contributed by atoms with Crippen LogP contribution in [0.5, 0.6) is 0 Å². The first-order valence-corrected chi connectivity index (χ1v) is 12.6. The van der Waals surface area contributed by atoms with Crippen LogP contribution in [0.25, 0.3) is 17.3 Å². The van der Waals surface area contributed by atoms with Crippen molar-refractivity contribution in [1.29, 1.82) is 0 Å². The number of aromatic nitrogens is 4. The summed E-state index contributed by atoms with van der Waals surface area (Å²) in [6.07, 6.45) is 6.80. The predicted molar refractivity (Wildman–Crippen MR) is 135 cm³/mol. The Morgan fingerprint density at radius 3 is 2.54 bits per heavy atom. The molecule has 12 heteroatoms. The molecular formula is C25H23F2N7O2S. The van der Waals surface area contributed by atoms with E-state index in [1.807, 2.05) is 12.1 Å². The molecule has 2 saturated heterocycles. The first-order chi connectivity index (χ1) is 17.9. The fourth-order valence-corrected chi connectivity index (χ4v) is 4.93. The molecule has 0 aliphatic carbocycles. The molecule has 3 aromatic heterocycles. The van der Waals surface area contributed by atoms with E-state index < -0.39 is 17.8 Å². The molecular weight excluding hydrogens is 500 g/mol. The van der Waals surface area contributed by atoms with Crippen molar-refractivity contribution in [3.8, 4) is 11.3 Å². The van der Waals surface area contributed by atoms with Crippen LogP contribution in [-0.4, -0.2) is 50.7 Å². The minimum Gasteiger partial charge on any atom is -0.341 e. The lowest BCUT2D eigenvalue weighted by molar-refractivity contribution is -0.115. The lowest BCUT2D eigenvalue weighted by Gasteiger charge is -2.32. The number of carbonyl (C=O) groups is 2. The number of thioether (sulfide) groups is 1. The van der Waals surface area contributed by atoms with Gasteiger partial charge in [0.15, 0.2) is 0 Å². The summed E-state index contributed by atoms with van der Waals surface area (Å²) < 4.78 is 26.9. The average Bonchev–Trinajstić information content (AvgIpc) is 3.20. The van der Waals surface area contributed by atoms with Gasteiger partial charge in [0.25, 0.3) is 11.1 Å². The number of pyridine rings is 2. The third-order valence-electron chi connectivity index (χ3n) is 6.13. The van der Waals surface area contributed by atoms with Gasteiger partial charge >= 0.3 is 0 Å². The SMILES string of the molecule is O=C1NC(=O)C(=Cc2ccnc(N3CCC(CNCc4ccnc(-c5cc(F)nc(F)c5)c4)CC3)n2)S1. The Bertz CT molecular complexity index is 1340. The zero-order valence-electron chi connectivity index (χ0n) is 19.7. The summed E-state index contributed by atoms with van der Waals surface area (Å²) in [6, 6.07) is 7.72. The molecule has 2 amide bonds. The average molecular weight is 524 g/mol. The summed E-state index contributed by atoms with van der Waals surface area (Å²) in [5.74, 6) is -1.08. The van der Waals surface area contributed by atoms with Gasteiger partial charge in [0.05, 0.1) is 16.3 Å². The molecule has 0 unspecified atom stereocenters. The fourth-order valence-electron chi connectivity index (χ4n) is 4.26. The lowest BCUT2D eigenvalue weighted by atomic mass is 9.97. The van der Waals surface area contributed by atoms with Gasteiger partial charge in [-0.25, -0.2) is 9.97 Å². The Labute approximate surface area is 215 Å². The van der Waals surface area contributed by atoms with Gasteiger partial charge in [0.2, 0.25) is 17.8 Å². The van der Waals surface area contributed by atoms with Crippen LogP contribution in [0.3, 0.4) is 0 Å². The fraction of sp³-hybridized carbons (Fsp3) is 0.280. The number of hydrogen-bond acceptors (Lipinski definition) is 9. The molecule has 0 atom stereocenters. The second kappa shape index (κ2) is 11.1. The second-order valence-electron chi connectivity index (χ2n) is 8.75. The minimum absolute atomic E-state index is 0.320. The number of carbonyl (C=O) groups excluding carboxylic acids is 2. The summed E-state index contributed by atoms with van der Waals surface area (Å²) in [5.41, 5.74) is 2.38. The Morgan fingerprint density at radius 1 is 1.05 bits per heavy atom. The van der Waals surface area contributed by atoms with Crippen LogP contribution < -0.4 is 15.5 Å². The summed E-state index contributed by atoms with van der Waals surface area (Å²) >= 11 is 0.861. The van der Waals surface area contributed by atoms with Gasteiger partial charge in [-0.05, 0) is 66.9 Å². The van der Waals surface area contributed by atoms with Crippen molar-refractivity contribution >= 4 is 34.9 Å². The van der Waals surface area contributed by atoms with Gasteiger partial charge in [0, 0.05) is 49.7 Å². The highest BCUT2D eigenvalue weighted by Gasteiger charge is 2.25. The Hall–Kier alpha value is -3.77. The van der Waals surface area contributed by atoms with Gasteiger partial charge in [-0.1, -0.05) is 0 Å². The molecule has 0 saturated carbocycles. The largest absolute Gasteiger partial charge is 0.341 e. The molecule has 3 aromatic rings. The van der Waals surface area contributed by atoms with Crippen LogP contribution in [0.4, 0.5) is 19.5 Å². The quantitative estimate of drug-likeness (QED) is 0.355. The van der Waals surface area contributed by atoms with Crippen LogP contribution >= 0.6 is 11.8 Å². The summed E-state index contributed by atoms with van der Waals surface area (Å²) in [5, 5.41) is 5.32. The number of halogens is 2. The number of anilines is 1. The molecule has 2 aliphatic heterocycles. The number of hydrogen-bond donors (Lipinski definition) is 2. The zero-order valence-corrected chi connectivity index (χ0v) is 20.5. The number of amides is 2. The van der Waals surface area contributed by atoms with E-state index in [9.17, 15) is 18.4 Å². The van der Waals surface area contributed by atoms with Crippen molar-refractivity contribution in [2.45, 2.75) is 19.4 Å². The monoisotopic (exact) mass is 523 g/mol. The molecule has 2 N–H and O–H groups in total. The van der Waals surface area contributed by atoms with Gasteiger partial charge in [-0.2, -0.15) is 13.8 Å². The zero-order chi connectivity index (χ0) is 25.8. The van der Waals surface area contributed by atoms with Crippen LogP contribution in [0, 0.1) is 17.8 Å². The van der Waals surface area contributed by atoms with E-state index in [0.29, 0.717) is 40.3 Å². The van der Waals surface area contributed by atoms with E-state index in [1.54, 1.807) is 24.5 Å². The van der Waals surface area contributed by atoms with Gasteiger partial charge in [-0.15, -0.1) is 0 Å². The van der Waals surface area contributed by atoms with E-state index in [1.165, 1.54) is 0 Å². The van der Waals surface area contributed by atoms with Crippen molar-refractivity contribution in [3.05, 3.63) is 70.8 Å². The molecule has 2 fully saturated rings. The Balaban J connectivity index is 1.12. The summed E-state index contributed by atoms with van der Waals surface area (Å²) in [6.45, 7) is 3.05.